The molecule has 0 saturated heterocycles. The van der Waals surface area contributed by atoms with Crippen molar-refractivity contribution in [3.63, 3.8) is 0 Å². The third-order valence-electron chi connectivity index (χ3n) is 2.30. The van der Waals surface area contributed by atoms with Crippen molar-refractivity contribution in [2.24, 2.45) is 0 Å². The largest absolute Gasteiger partial charge is 0.482 e. The Labute approximate surface area is 98.5 Å². The van der Waals surface area contributed by atoms with E-state index in [1.165, 1.54) is 0 Å². The predicted molar refractivity (Wildman–Crippen MR) is 63.1 cm³/mol. The van der Waals surface area contributed by atoms with E-state index in [-0.39, 0.29) is 18.4 Å². The zero-order chi connectivity index (χ0) is 12.3. The van der Waals surface area contributed by atoms with Crippen molar-refractivity contribution >= 4 is 17.5 Å². The smallest absolute Gasteiger partial charge is 0.262 e. The van der Waals surface area contributed by atoms with Crippen LogP contribution in [-0.2, 0) is 4.79 Å². The highest BCUT2D eigenvalue weighted by molar-refractivity contribution is 6.06. The molecule has 0 radical (unpaired) electrons. The third-order valence-corrected chi connectivity index (χ3v) is 2.30. The molecule has 1 aliphatic rings. The molecule has 0 aliphatic carbocycles. The number of carbonyl (C=O) groups excluding carboxylic acids is 2. The van der Waals surface area contributed by atoms with Crippen molar-refractivity contribution in [1.29, 1.82) is 0 Å². The number of fused-ring (bicyclic) bond motifs is 1. The molecule has 5 heteroatoms. The lowest BCUT2D eigenvalue weighted by atomic mass is 10.1. The molecule has 88 valence electrons. The van der Waals surface area contributed by atoms with E-state index in [1.807, 2.05) is 0 Å². The number of anilines is 1. The summed E-state index contributed by atoms with van der Waals surface area (Å²) in [4.78, 5) is 23.0. The Bertz CT molecular complexity index is 483. The average Bonchev–Trinajstić information content (AvgIpc) is 2.35. The molecular weight excluding hydrogens is 220 g/mol. The fourth-order valence-corrected chi connectivity index (χ4v) is 1.55. The summed E-state index contributed by atoms with van der Waals surface area (Å²) in [7, 11) is 0. The lowest BCUT2D eigenvalue weighted by Gasteiger charge is -2.20. The number of hydrogen-bond donors (Lipinski definition) is 2. The zero-order valence-electron chi connectivity index (χ0n) is 9.16. The zero-order valence-corrected chi connectivity index (χ0v) is 9.16. The molecule has 0 spiro atoms. The van der Waals surface area contributed by atoms with Crippen molar-refractivity contribution in [1.82, 2.24) is 5.32 Å². The highest BCUT2D eigenvalue weighted by Crippen LogP contribution is 2.30. The predicted octanol–water partition coefficient (Wildman–Crippen LogP) is 0.933. The van der Waals surface area contributed by atoms with Crippen LogP contribution in [-0.4, -0.2) is 25.0 Å². The number of amides is 2. The van der Waals surface area contributed by atoms with E-state index in [4.69, 9.17) is 4.74 Å². The lowest BCUT2D eigenvalue weighted by Crippen LogP contribution is -2.29. The van der Waals surface area contributed by atoms with Crippen LogP contribution in [0.25, 0.3) is 0 Å². The maximum absolute atomic E-state index is 11.8. The first kappa shape index (κ1) is 11.2. The maximum Gasteiger partial charge on any atom is 0.262 e. The molecule has 0 bridgehead atoms. The van der Waals surface area contributed by atoms with Gasteiger partial charge in [-0.2, -0.15) is 0 Å². The first-order chi connectivity index (χ1) is 8.22. The standard InChI is InChI=1S/C12H12N2O3/c1-2-6-13-12(16)8-4-3-5-9-11(8)14-10(15)7-17-9/h2-5H,1,6-7H2,(H,13,16)(H,14,15). The van der Waals surface area contributed by atoms with Crippen LogP contribution in [0.15, 0.2) is 30.9 Å². The lowest BCUT2D eigenvalue weighted by molar-refractivity contribution is -0.118. The molecule has 0 fully saturated rings. The second-order valence-electron chi connectivity index (χ2n) is 3.51. The van der Waals surface area contributed by atoms with Gasteiger partial charge in [-0.1, -0.05) is 12.1 Å². The normalized spacial score (nSPS) is 13.1. The Morgan fingerprint density at radius 1 is 1.59 bits per heavy atom. The number of rotatable bonds is 3. The van der Waals surface area contributed by atoms with Gasteiger partial charge in [-0.25, -0.2) is 0 Å². The Morgan fingerprint density at radius 2 is 2.41 bits per heavy atom. The highest BCUT2D eigenvalue weighted by Gasteiger charge is 2.21. The monoisotopic (exact) mass is 232 g/mol. The quantitative estimate of drug-likeness (QED) is 0.762. The number of ether oxygens (including phenoxy) is 1. The molecule has 1 aromatic carbocycles. The van der Waals surface area contributed by atoms with Gasteiger partial charge < -0.3 is 15.4 Å². The Balaban J connectivity index is 2.31. The van der Waals surface area contributed by atoms with Gasteiger partial charge in [-0.3, -0.25) is 9.59 Å². The molecule has 0 aromatic heterocycles. The minimum Gasteiger partial charge on any atom is -0.482 e. The SMILES string of the molecule is C=CCNC(=O)c1cccc2c1NC(=O)CO2. The van der Waals surface area contributed by atoms with E-state index in [0.29, 0.717) is 23.5 Å². The molecule has 1 heterocycles. The molecule has 0 unspecified atom stereocenters. The van der Waals surface area contributed by atoms with Crippen LogP contribution in [0.2, 0.25) is 0 Å². The number of para-hydroxylation sites is 1. The van der Waals surface area contributed by atoms with Gasteiger partial charge in [0.1, 0.15) is 5.75 Å². The van der Waals surface area contributed by atoms with E-state index in [1.54, 1.807) is 24.3 Å². The molecule has 0 atom stereocenters. The van der Waals surface area contributed by atoms with Gasteiger partial charge in [-0.15, -0.1) is 6.58 Å². The Hall–Kier alpha value is -2.30. The maximum atomic E-state index is 11.8. The second-order valence-corrected chi connectivity index (χ2v) is 3.51. The van der Waals surface area contributed by atoms with Gasteiger partial charge in [0.25, 0.3) is 11.8 Å². The number of nitrogens with one attached hydrogen (secondary N) is 2. The van der Waals surface area contributed by atoms with E-state index in [0.717, 1.165) is 0 Å². The summed E-state index contributed by atoms with van der Waals surface area (Å²) < 4.78 is 5.22. The minimum absolute atomic E-state index is 0.0231. The summed E-state index contributed by atoms with van der Waals surface area (Å²) in [6, 6.07) is 5.05. The summed E-state index contributed by atoms with van der Waals surface area (Å²) >= 11 is 0. The average molecular weight is 232 g/mol. The van der Waals surface area contributed by atoms with Gasteiger partial charge in [0, 0.05) is 6.54 Å². The molecule has 5 nitrogen and oxygen atoms in total. The summed E-state index contributed by atoms with van der Waals surface area (Å²) in [5.74, 6) is -0.0233. The molecule has 2 N–H and O–H groups in total. The summed E-state index contributed by atoms with van der Waals surface area (Å²) in [6.45, 7) is 3.87. The molecule has 1 aliphatic heterocycles. The van der Waals surface area contributed by atoms with Crippen LogP contribution in [0, 0.1) is 0 Å². The first-order valence-electron chi connectivity index (χ1n) is 5.17. The third kappa shape index (κ3) is 2.28. The van der Waals surface area contributed by atoms with Crippen LogP contribution in [0.1, 0.15) is 10.4 Å². The van der Waals surface area contributed by atoms with Gasteiger partial charge in [0.05, 0.1) is 11.3 Å². The summed E-state index contributed by atoms with van der Waals surface area (Å²) in [6.07, 6.45) is 1.59. The van der Waals surface area contributed by atoms with Crippen molar-refractivity contribution in [3.8, 4) is 5.75 Å². The highest BCUT2D eigenvalue weighted by atomic mass is 16.5. The van der Waals surface area contributed by atoms with Crippen molar-refractivity contribution in [2.45, 2.75) is 0 Å². The van der Waals surface area contributed by atoms with Crippen LogP contribution in [0.3, 0.4) is 0 Å². The van der Waals surface area contributed by atoms with Crippen LogP contribution >= 0.6 is 0 Å². The minimum atomic E-state index is -0.271. The van der Waals surface area contributed by atoms with Gasteiger partial charge >= 0.3 is 0 Å². The van der Waals surface area contributed by atoms with Crippen LogP contribution in [0.5, 0.6) is 5.75 Å². The van der Waals surface area contributed by atoms with Gasteiger partial charge in [0.2, 0.25) is 0 Å². The summed E-state index contributed by atoms with van der Waals surface area (Å²) in [5, 5.41) is 5.28. The topological polar surface area (TPSA) is 67.4 Å². The van der Waals surface area contributed by atoms with E-state index < -0.39 is 0 Å². The second kappa shape index (κ2) is 4.69. The first-order valence-corrected chi connectivity index (χ1v) is 5.17. The van der Waals surface area contributed by atoms with Crippen molar-refractivity contribution in [2.75, 3.05) is 18.5 Å². The number of hydrogen-bond acceptors (Lipinski definition) is 3. The fourth-order valence-electron chi connectivity index (χ4n) is 1.55. The molecule has 2 amide bonds. The summed E-state index contributed by atoms with van der Waals surface area (Å²) in [5.41, 5.74) is 0.808. The van der Waals surface area contributed by atoms with Crippen LogP contribution < -0.4 is 15.4 Å². The van der Waals surface area contributed by atoms with E-state index in [9.17, 15) is 9.59 Å². The molecule has 1 aromatic rings. The number of carbonyl (C=O) groups is 2. The fraction of sp³-hybridized carbons (Fsp3) is 0.167. The van der Waals surface area contributed by atoms with Crippen LogP contribution in [0.4, 0.5) is 5.69 Å². The Morgan fingerprint density at radius 3 is 3.18 bits per heavy atom. The van der Waals surface area contributed by atoms with E-state index >= 15 is 0 Å². The van der Waals surface area contributed by atoms with Crippen molar-refractivity contribution < 1.29 is 14.3 Å². The molecule has 0 saturated carbocycles. The Kier molecular flexibility index (Phi) is 3.09. The molecule has 17 heavy (non-hydrogen) atoms. The van der Waals surface area contributed by atoms with Gasteiger partial charge in [-0.05, 0) is 12.1 Å². The molecular formula is C12H12N2O3. The van der Waals surface area contributed by atoms with Crippen molar-refractivity contribution in [3.05, 3.63) is 36.4 Å². The van der Waals surface area contributed by atoms with E-state index in [2.05, 4.69) is 17.2 Å². The number of benzene rings is 1. The van der Waals surface area contributed by atoms with Gasteiger partial charge in [0.15, 0.2) is 6.61 Å². The molecule has 2 rings (SSSR count).